The molecular formula is C18H14F11IO2. The molecular weight excluding hydrogens is 584 g/mol. The molecule has 32 heavy (non-hydrogen) atoms. The van der Waals surface area contributed by atoms with Crippen molar-refractivity contribution in [1.82, 2.24) is 0 Å². The Labute approximate surface area is 187 Å². The second-order valence-electron chi connectivity index (χ2n) is 6.60. The number of rotatable bonds is 10. The van der Waals surface area contributed by atoms with E-state index in [1.54, 1.807) is 6.07 Å². The number of allylic oxidation sites excluding steroid dienone is 2. The molecule has 0 saturated heterocycles. The second kappa shape index (κ2) is 9.71. The molecule has 0 heterocycles. The zero-order valence-electron chi connectivity index (χ0n) is 15.6. The number of carbonyl (C=O) groups is 1. The van der Waals surface area contributed by atoms with Crippen LogP contribution in [0.3, 0.4) is 0 Å². The summed E-state index contributed by atoms with van der Waals surface area (Å²) in [4.78, 5) is 11.2. The average molecular weight is 598 g/mol. The van der Waals surface area contributed by atoms with E-state index in [0.717, 1.165) is 0 Å². The maximum atomic E-state index is 13.5. The average Bonchev–Trinajstić information content (AvgIpc) is 2.63. The number of benzene rings is 1. The highest BCUT2D eigenvalue weighted by molar-refractivity contribution is 14.1. The van der Waals surface area contributed by atoms with E-state index in [2.05, 4.69) is 0 Å². The standard InChI is InChI=1S/C18H14F11IO2/c19-14(20,15(21,22)16(23,24)17(25,26)18(27,28)29)8-4-2-1-3-5-10-6-7-11(30)9-12(10)13(31)32/h4,6-9H,1-3,5H2,(H,31,32). The summed E-state index contributed by atoms with van der Waals surface area (Å²) < 4.78 is 142. The first kappa shape index (κ1) is 28.4. The van der Waals surface area contributed by atoms with Crippen molar-refractivity contribution in [3.05, 3.63) is 45.0 Å². The van der Waals surface area contributed by atoms with Crippen LogP contribution in [0.5, 0.6) is 0 Å². The van der Waals surface area contributed by atoms with E-state index in [1.807, 2.05) is 22.6 Å². The van der Waals surface area contributed by atoms with Crippen LogP contribution in [0.2, 0.25) is 0 Å². The van der Waals surface area contributed by atoms with Gasteiger partial charge in [0.15, 0.2) is 0 Å². The molecule has 0 radical (unpaired) electrons. The first-order valence-corrected chi connectivity index (χ1v) is 9.65. The van der Waals surface area contributed by atoms with Crippen molar-refractivity contribution in [2.75, 3.05) is 0 Å². The predicted octanol–water partition coefficient (Wildman–Crippen LogP) is 7.36. The maximum absolute atomic E-state index is 13.5. The minimum atomic E-state index is -7.43. The quantitative estimate of drug-likeness (QED) is 0.132. The number of carboxylic acids is 1. The molecule has 0 amide bonds. The van der Waals surface area contributed by atoms with Crippen LogP contribution in [0.4, 0.5) is 48.3 Å². The van der Waals surface area contributed by atoms with Crippen molar-refractivity contribution in [1.29, 1.82) is 0 Å². The van der Waals surface area contributed by atoms with Gasteiger partial charge < -0.3 is 5.11 Å². The Morgan fingerprint density at radius 3 is 1.94 bits per heavy atom. The fourth-order valence-electron chi connectivity index (χ4n) is 2.46. The zero-order chi connectivity index (χ0) is 25.2. The van der Waals surface area contributed by atoms with Gasteiger partial charge in [0.2, 0.25) is 0 Å². The molecule has 0 spiro atoms. The molecule has 0 saturated carbocycles. The predicted molar refractivity (Wildman–Crippen MR) is 98.7 cm³/mol. The van der Waals surface area contributed by atoms with Gasteiger partial charge in [-0.05, 0) is 72.0 Å². The molecule has 182 valence electrons. The lowest BCUT2D eigenvalue weighted by Crippen LogP contribution is -2.66. The van der Waals surface area contributed by atoms with Crippen molar-refractivity contribution in [3.63, 3.8) is 0 Å². The molecule has 0 aliphatic rings. The SMILES string of the molecule is O=C(O)c1cc(I)ccc1CCCCC=CC(F)(F)C(F)(F)C(F)(F)C(F)(F)C(F)(F)F. The van der Waals surface area contributed by atoms with E-state index < -0.39 is 48.3 Å². The Bertz CT molecular complexity index is 848. The Morgan fingerprint density at radius 1 is 0.875 bits per heavy atom. The molecule has 0 unspecified atom stereocenters. The number of halogens is 12. The molecule has 1 rings (SSSR count). The normalized spacial score (nSPS) is 14.2. The van der Waals surface area contributed by atoms with Gasteiger partial charge in [-0.3, -0.25) is 0 Å². The van der Waals surface area contributed by atoms with Crippen LogP contribution < -0.4 is 0 Å². The minimum absolute atomic E-state index is 0.0218. The van der Waals surface area contributed by atoms with E-state index in [-0.39, 0.29) is 30.9 Å². The fourth-order valence-corrected chi connectivity index (χ4v) is 2.96. The molecule has 0 atom stereocenters. The Hall–Kier alpha value is -1.61. The van der Waals surface area contributed by atoms with Gasteiger partial charge in [-0.2, -0.15) is 48.3 Å². The lowest BCUT2D eigenvalue weighted by molar-refractivity contribution is -0.416. The van der Waals surface area contributed by atoms with Gasteiger partial charge in [0.25, 0.3) is 0 Å². The minimum Gasteiger partial charge on any atom is -0.478 e. The van der Waals surface area contributed by atoms with Gasteiger partial charge in [0.05, 0.1) is 5.56 Å². The Morgan fingerprint density at radius 2 is 1.44 bits per heavy atom. The summed E-state index contributed by atoms with van der Waals surface area (Å²) in [5, 5.41) is 9.12. The molecule has 0 aliphatic carbocycles. The third-order valence-corrected chi connectivity index (χ3v) is 4.93. The van der Waals surface area contributed by atoms with E-state index in [9.17, 15) is 53.1 Å². The first-order chi connectivity index (χ1) is 14.3. The summed E-state index contributed by atoms with van der Waals surface area (Å²) in [6.45, 7) is 0. The van der Waals surface area contributed by atoms with Crippen LogP contribution in [-0.4, -0.2) is 40.9 Å². The van der Waals surface area contributed by atoms with E-state index in [0.29, 0.717) is 9.13 Å². The summed E-state index contributed by atoms with van der Waals surface area (Å²) in [6.07, 6.45) is -7.98. The number of unbranched alkanes of at least 4 members (excludes halogenated alkanes) is 2. The molecule has 2 nitrogen and oxygen atoms in total. The van der Waals surface area contributed by atoms with E-state index >= 15 is 0 Å². The highest BCUT2D eigenvalue weighted by atomic mass is 127. The molecule has 0 aromatic heterocycles. The highest BCUT2D eigenvalue weighted by Crippen LogP contribution is 2.57. The summed E-state index contributed by atoms with van der Waals surface area (Å²) in [6, 6.07) is 4.47. The van der Waals surface area contributed by atoms with E-state index in [1.165, 1.54) is 12.1 Å². The summed E-state index contributed by atoms with van der Waals surface area (Å²) in [7, 11) is 0. The number of aromatic carboxylic acids is 1. The Kier molecular flexibility index (Phi) is 8.63. The summed E-state index contributed by atoms with van der Waals surface area (Å²) in [5.41, 5.74) is 0.360. The molecule has 0 fully saturated rings. The maximum Gasteiger partial charge on any atom is 0.460 e. The van der Waals surface area contributed by atoms with Gasteiger partial charge in [-0.25, -0.2) is 4.79 Å². The molecule has 0 bridgehead atoms. The van der Waals surface area contributed by atoms with Crippen LogP contribution in [-0.2, 0) is 6.42 Å². The molecule has 1 N–H and O–H groups in total. The number of carboxylic acid groups (broad SMARTS) is 1. The lowest BCUT2D eigenvalue weighted by Gasteiger charge is -2.36. The van der Waals surface area contributed by atoms with Crippen LogP contribution in [0.15, 0.2) is 30.4 Å². The van der Waals surface area contributed by atoms with Gasteiger partial charge in [-0.1, -0.05) is 12.1 Å². The molecule has 0 aliphatic heterocycles. The number of alkyl halides is 11. The fraction of sp³-hybridized carbons (Fsp3) is 0.500. The van der Waals surface area contributed by atoms with Crippen molar-refractivity contribution in [2.24, 2.45) is 0 Å². The topological polar surface area (TPSA) is 37.3 Å². The van der Waals surface area contributed by atoms with Crippen molar-refractivity contribution in [3.8, 4) is 0 Å². The summed E-state index contributed by atoms with van der Waals surface area (Å²) >= 11 is 1.87. The van der Waals surface area contributed by atoms with Gasteiger partial charge >= 0.3 is 35.8 Å². The van der Waals surface area contributed by atoms with Crippen LogP contribution in [0.1, 0.15) is 35.2 Å². The van der Waals surface area contributed by atoms with Crippen LogP contribution in [0.25, 0.3) is 0 Å². The number of aryl methyl sites for hydroxylation is 1. The largest absolute Gasteiger partial charge is 0.478 e. The van der Waals surface area contributed by atoms with Crippen molar-refractivity contribution >= 4 is 28.6 Å². The monoisotopic (exact) mass is 598 g/mol. The highest BCUT2D eigenvalue weighted by Gasteiger charge is 2.86. The first-order valence-electron chi connectivity index (χ1n) is 8.57. The van der Waals surface area contributed by atoms with Crippen LogP contribution >= 0.6 is 22.6 Å². The molecule has 1 aromatic carbocycles. The number of hydrogen-bond acceptors (Lipinski definition) is 1. The smallest absolute Gasteiger partial charge is 0.460 e. The number of hydrogen-bond donors (Lipinski definition) is 1. The lowest BCUT2D eigenvalue weighted by atomic mass is 9.97. The van der Waals surface area contributed by atoms with Crippen LogP contribution in [0, 0.1) is 3.57 Å². The van der Waals surface area contributed by atoms with E-state index in [4.69, 9.17) is 5.11 Å². The molecule has 14 heteroatoms. The van der Waals surface area contributed by atoms with Crippen molar-refractivity contribution in [2.45, 2.75) is 55.5 Å². The van der Waals surface area contributed by atoms with Gasteiger partial charge in [-0.15, -0.1) is 0 Å². The van der Waals surface area contributed by atoms with Crippen molar-refractivity contribution < 1.29 is 58.2 Å². The zero-order valence-corrected chi connectivity index (χ0v) is 17.8. The Balaban J connectivity index is 2.82. The molecule has 1 aromatic rings. The third kappa shape index (κ3) is 5.65. The van der Waals surface area contributed by atoms with Gasteiger partial charge in [0.1, 0.15) is 0 Å². The third-order valence-electron chi connectivity index (χ3n) is 4.26. The second-order valence-corrected chi connectivity index (χ2v) is 7.84. The van der Waals surface area contributed by atoms with Gasteiger partial charge in [0, 0.05) is 3.57 Å². The summed E-state index contributed by atoms with van der Waals surface area (Å²) in [5.74, 6) is -29.1.